The molecule has 1 aliphatic heterocycles. The molecule has 0 aliphatic carbocycles. The fourth-order valence-corrected chi connectivity index (χ4v) is 2.56. The minimum atomic E-state index is -0.490. The molecule has 1 aromatic carbocycles. The molecule has 1 aromatic heterocycles. The van der Waals surface area contributed by atoms with Crippen molar-refractivity contribution in [1.29, 1.82) is 0 Å². The molecule has 0 radical (unpaired) electrons. The van der Waals surface area contributed by atoms with E-state index >= 15 is 0 Å². The van der Waals surface area contributed by atoms with Crippen molar-refractivity contribution in [2.45, 2.75) is 19.1 Å². The van der Waals surface area contributed by atoms with Gasteiger partial charge in [0.05, 0.1) is 18.8 Å². The van der Waals surface area contributed by atoms with Gasteiger partial charge in [0.1, 0.15) is 0 Å². The third-order valence-corrected chi connectivity index (χ3v) is 4.09. The second-order valence-corrected chi connectivity index (χ2v) is 6.24. The van der Waals surface area contributed by atoms with Gasteiger partial charge in [-0.15, -0.1) is 6.58 Å². The van der Waals surface area contributed by atoms with Crippen molar-refractivity contribution in [2.24, 2.45) is 5.92 Å². The van der Waals surface area contributed by atoms with Crippen molar-refractivity contribution in [3.05, 3.63) is 59.9 Å². The van der Waals surface area contributed by atoms with Crippen LogP contribution in [0.15, 0.2) is 49.3 Å². The van der Waals surface area contributed by atoms with Gasteiger partial charge in [0.25, 0.3) is 0 Å². The van der Waals surface area contributed by atoms with Crippen LogP contribution in [-0.4, -0.2) is 29.5 Å². The Morgan fingerprint density at radius 2 is 1.84 bits per heavy atom. The van der Waals surface area contributed by atoms with E-state index in [1.165, 1.54) is 0 Å². The average Bonchev–Trinajstić information content (AvgIpc) is 2.67. The maximum Gasteiger partial charge on any atom is 0.222 e. The molecule has 128 valence electrons. The molecule has 0 unspecified atom stereocenters. The third kappa shape index (κ3) is 5.14. The molecule has 0 spiro atoms. The van der Waals surface area contributed by atoms with Gasteiger partial charge in [-0.1, -0.05) is 23.6 Å². The lowest BCUT2D eigenvalue weighted by molar-refractivity contribution is -0.169. The number of hydrogen-bond donors (Lipinski definition) is 0. The normalized spacial score (nSPS) is 19.7. The first-order valence-electron chi connectivity index (χ1n) is 8.18. The highest BCUT2D eigenvalue weighted by Crippen LogP contribution is 2.18. The lowest BCUT2D eigenvalue weighted by Crippen LogP contribution is -2.31. The molecular formula is C20H19ClN2O2. The summed E-state index contributed by atoms with van der Waals surface area (Å²) in [6.07, 6.45) is 6.82. The van der Waals surface area contributed by atoms with Crippen LogP contribution in [0.2, 0.25) is 5.02 Å². The van der Waals surface area contributed by atoms with E-state index in [-0.39, 0.29) is 0 Å². The smallest absolute Gasteiger partial charge is 0.222 e. The van der Waals surface area contributed by atoms with Gasteiger partial charge in [-0.2, -0.15) is 0 Å². The van der Waals surface area contributed by atoms with Crippen LogP contribution in [-0.2, 0) is 9.47 Å². The van der Waals surface area contributed by atoms with Crippen LogP contribution in [0.5, 0.6) is 0 Å². The minimum absolute atomic E-state index is 0.415. The second kappa shape index (κ2) is 8.77. The Morgan fingerprint density at radius 3 is 2.48 bits per heavy atom. The van der Waals surface area contributed by atoms with Crippen LogP contribution in [0.1, 0.15) is 18.4 Å². The molecule has 1 saturated heterocycles. The zero-order valence-electron chi connectivity index (χ0n) is 13.8. The molecule has 5 heteroatoms. The zero-order valence-corrected chi connectivity index (χ0v) is 14.6. The SMILES string of the molecule is C=CCC[C@H]1CO[C@H](C#Cc2cnc(-c3ccc(Cl)cc3)nc2)OC1. The Kier molecular flexibility index (Phi) is 6.19. The number of benzene rings is 1. The van der Waals surface area contributed by atoms with E-state index in [2.05, 4.69) is 28.4 Å². The molecule has 0 bridgehead atoms. The van der Waals surface area contributed by atoms with Crippen LogP contribution in [0, 0.1) is 17.8 Å². The number of nitrogens with zero attached hydrogens (tertiary/aromatic N) is 2. The van der Waals surface area contributed by atoms with Crippen molar-refractivity contribution in [3.63, 3.8) is 0 Å². The first-order chi connectivity index (χ1) is 12.2. The lowest BCUT2D eigenvalue weighted by Gasteiger charge is -2.26. The summed E-state index contributed by atoms with van der Waals surface area (Å²) >= 11 is 5.89. The van der Waals surface area contributed by atoms with Gasteiger partial charge in [0.15, 0.2) is 5.82 Å². The molecule has 2 heterocycles. The maximum absolute atomic E-state index is 5.89. The van der Waals surface area contributed by atoms with E-state index < -0.39 is 6.29 Å². The topological polar surface area (TPSA) is 44.2 Å². The second-order valence-electron chi connectivity index (χ2n) is 5.80. The Morgan fingerprint density at radius 1 is 1.16 bits per heavy atom. The van der Waals surface area contributed by atoms with E-state index in [4.69, 9.17) is 21.1 Å². The Bertz CT molecular complexity index is 755. The standard InChI is InChI=1S/C20H19ClN2O2/c1-2-3-4-16-13-24-19(25-14-16)10-5-15-11-22-20(23-12-15)17-6-8-18(21)9-7-17/h2,6-9,11-12,16,19H,1,3-4,13-14H2/t16-,19-. The fraction of sp³-hybridized carbons (Fsp3) is 0.300. The molecule has 4 nitrogen and oxygen atoms in total. The van der Waals surface area contributed by atoms with E-state index in [1.54, 1.807) is 12.4 Å². The fourth-order valence-electron chi connectivity index (χ4n) is 2.43. The highest BCUT2D eigenvalue weighted by atomic mass is 35.5. The predicted octanol–water partition coefficient (Wildman–Crippen LogP) is 4.10. The molecule has 0 atom stereocenters. The van der Waals surface area contributed by atoms with Gasteiger partial charge in [-0.05, 0) is 43.0 Å². The van der Waals surface area contributed by atoms with Crippen molar-refractivity contribution in [3.8, 4) is 23.2 Å². The van der Waals surface area contributed by atoms with Crippen LogP contribution >= 0.6 is 11.6 Å². The van der Waals surface area contributed by atoms with Crippen molar-refractivity contribution < 1.29 is 9.47 Å². The summed E-state index contributed by atoms with van der Waals surface area (Å²) in [6, 6.07) is 7.40. The molecule has 25 heavy (non-hydrogen) atoms. The molecule has 1 fully saturated rings. The van der Waals surface area contributed by atoms with Gasteiger partial charge < -0.3 is 9.47 Å². The van der Waals surface area contributed by atoms with E-state index in [0.717, 1.165) is 24.0 Å². The van der Waals surface area contributed by atoms with Crippen LogP contribution in [0.4, 0.5) is 0 Å². The number of ether oxygens (including phenoxy) is 2. The van der Waals surface area contributed by atoms with Crippen molar-refractivity contribution in [2.75, 3.05) is 13.2 Å². The summed E-state index contributed by atoms with van der Waals surface area (Å²) in [4.78, 5) is 8.68. The van der Waals surface area contributed by atoms with Crippen LogP contribution < -0.4 is 0 Å². The van der Waals surface area contributed by atoms with E-state index in [9.17, 15) is 0 Å². The predicted molar refractivity (Wildman–Crippen MR) is 98.0 cm³/mol. The number of aromatic nitrogens is 2. The Labute approximate surface area is 152 Å². The van der Waals surface area contributed by atoms with Crippen molar-refractivity contribution in [1.82, 2.24) is 9.97 Å². The van der Waals surface area contributed by atoms with E-state index in [0.29, 0.717) is 30.0 Å². The summed E-state index contributed by atoms with van der Waals surface area (Å²) < 4.78 is 11.3. The first-order valence-corrected chi connectivity index (χ1v) is 8.56. The van der Waals surface area contributed by atoms with Crippen LogP contribution in [0.3, 0.4) is 0 Å². The number of rotatable bonds is 4. The summed E-state index contributed by atoms with van der Waals surface area (Å²) in [5.74, 6) is 7.02. The summed E-state index contributed by atoms with van der Waals surface area (Å²) in [5.41, 5.74) is 1.63. The molecule has 2 aromatic rings. The first kappa shape index (κ1) is 17.6. The quantitative estimate of drug-likeness (QED) is 0.612. The van der Waals surface area contributed by atoms with Gasteiger partial charge in [0, 0.05) is 28.9 Å². The zero-order chi connectivity index (χ0) is 17.5. The number of hydrogen-bond acceptors (Lipinski definition) is 4. The Hall–Kier alpha value is -2.19. The monoisotopic (exact) mass is 354 g/mol. The molecule has 0 saturated carbocycles. The molecule has 0 N–H and O–H groups in total. The largest absolute Gasteiger partial charge is 0.342 e. The number of allylic oxidation sites excluding steroid dienone is 1. The third-order valence-electron chi connectivity index (χ3n) is 3.83. The highest BCUT2D eigenvalue weighted by molar-refractivity contribution is 6.30. The summed E-state index contributed by atoms with van der Waals surface area (Å²) in [6.45, 7) is 5.06. The van der Waals surface area contributed by atoms with Gasteiger partial charge >= 0.3 is 0 Å². The minimum Gasteiger partial charge on any atom is -0.342 e. The molecular weight excluding hydrogens is 336 g/mol. The maximum atomic E-state index is 5.89. The molecule has 0 amide bonds. The van der Waals surface area contributed by atoms with Crippen LogP contribution in [0.25, 0.3) is 11.4 Å². The Balaban J connectivity index is 1.57. The number of halogens is 1. The van der Waals surface area contributed by atoms with Gasteiger partial charge in [0.2, 0.25) is 6.29 Å². The lowest BCUT2D eigenvalue weighted by atomic mass is 10.1. The average molecular weight is 355 g/mol. The molecule has 3 rings (SSSR count). The summed E-state index contributed by atoms with van der Waals surface area (Å²) in [7, 11) is 0. The summed E-state index contributed by atoms with van der Waals surface area (Å²) in [5, 5.41) is 0.686. The van der Waals surface area contributed by atoms with Gasteiger partial charge in [-0.25, -0.2) is 9.97 Å². The van der Waals surface area contributed by atoms with E-state index in [1.807, 2.05) is 30.3 Å². The van der Waals surface area contributed by atoms with Crippen molar-refractivity contribution >= 4 is 11.6 Å². The van der Waals surface area contributed by atoms with Gasteiger partial charge in [-0.3, -0.25) is 0 Å². The molecule has 1 aliphatic rings. The highest BCUT2D eigenvalue weighted by Gasteiger charge is 2.19.